The summed E-state index contributed by atoms with van der Waals surface area (Å²) in [5.74, 6) is 0.875. The maximum atomic E-state index is 4.18. The van der Waals surface area contributed by atoms with Crippen LogP contribution in [0.3, 0.4) is 0 Å². The van der Waals surface area contributed by atoms with E-state index in [4.69, 9.17) is 0 Å². The number of hydrogen-bond donors (Lipinski definition) is 2. The summed E-state index contributed by atoms with van der Waals surface area (Å²) >= 11 is 0. The third-order valence-corrected chi connectivity index (χ3v) is 2.63. The van der Waals surface area contributed by atoms with Gasteiger partial charge in [-0.05, 0) is 25.8 Å². The lowest BCUT2D eigenvalue weighted by atomic mass is 10.3. The van der Waals surface area contributed by atoms with Crippen molar-refractivity contribution in [2.75, 3.05) is 13.6 Å². The number of nitrogens with zero attached hydrogens (tertiary/aromatic N) is 3. The van der Waals surface area contributed by atoms with E-state index in [9.17, 15) is 0 Å². The Bertz CT molecular complexity index is 318. The first kappa shape index (κ1) is 13.5. The molecule has 5 heteroatoms. The molecule has 2 N–H and O–H groups in total. The van der Waals surface area contributed by atoms with Crippen LogP contribution in [0.1, 0.15) is 26.7 Å². The number of hydrogen-bond acceptors (Lipinski definition) is 2. The minimum Gasteiger partial charge on any atom is -0.356 e. The molecule has 0 aliphatic heterocycles. The first-order valence-electron chi connectivity index (χ1n) is 6.21. The van der Waals surface area contributed by atoms with Crippen LogP contribution in [0, 0.1) is 0 Å². The molecule has 1 atom stereocenters. The summed E-state index contributed by atoms with van der Waals surface area (Å²) in [6.07, 6.45) is 5.90. The molecule has 1 rings (SSSR count). The van der Waals surface area contributed by atoms with Crippen LogP contribution in [0.15, 0.2) is 23.5 Å². The zero-order chi connectivity index (χ0) is 12.5. The van der Waals surface area contributed by atoms with Gasteiger partial charge in [0.1, 0.15) is 0 Å². The summed E-state index contributed by atoms with van der Waals surface area (Å²) in [7, 11) is 1.80. The van der Waals surface area contributed by atoms with E-state index in [-0.39, 0.29) is 0 Å². The van der Waals surface area contributed by atoms with Crippen molar-refractivity contribution in [2.24, 2.45) is 4.99 Å². The van der Waals surface area contributed by atoms with Crippen LogP contribution in [0.2, 0.25) is 0 Å². The van der Waals surface area contributed by atoms with Gasteiger partial charge in [-0.3, -0.25) is 9.67 Å². The number of aromatic nitrogens is 2. The SMILES string of the molecule is CCC(C)NC(=NC)NCCCn1cccn1. The smallest absolute Gasteiger partial charge is 0.191 e. The number of guanidine groups is 1. The molecule has 1 aromatic rings. The van der Waals surface area contributed by atoms with Gasteiger partial charge in [-0.15, -0.1) is 0 Å². The van der Waals surface area contributed by atoms with Gasteiger partial charge in [0.2, 0.25) is 0 Å². The Hall–Kier alpha value is -1.52. The fourth-order valence-corrected chi connectivity index (χ4v) is 1.41. The molecule has 1 aromatic heterocycles. The number of nitrogens with one attached hydrogen (secondary N) is 2. The topological polar surface area (TPSA) is 54.2 Å². The van der Waals surface area contributed by atoms with Gasteiger partial charge in [0.25, 0.3) is 0 Å². The molecule has 0 bridgehead atoms. The third kappa shape index (κ3) is 5.38. The molecule has 0 amide bonds. The Kier molecular flexibility index (Phi) is 6.14. The molecule has 1 heterocycles. The maximum Gasteiger partial charge on any atom is 0.191 e. The van der Waals surface area contributed by atoms with Crippen molar-refractivity contribution < 1.29 is 0 Å². The zero-order valence-electron chi connectivity index (χ0n) is 11.0. The Labute approximate surface area is 103 Å². The second-order valence-corrected chi connectivity index (χ2v) is 4.08. The van der Waals surface area contributed by atoms with Crippen molar-refractivity contribution in [1.29, 1.82) is 0 Å². The minimum absolute atomic E-state index is 0.451. The molecule has 5 nitrogen and oxygen atoms in total. The van der Waals surface area contributed by atoms with Crippen molar-refractivity contribution >= 4 is 5.96 Å². The van der Waals surface area contributed by atoms with Gasteiger partial charge >= 0.3 is 0 Å². The van der Waals surface area contributed by atoms with Crippen LogP contribution in [-0.2, 0) is 6.54 Å². The first-order chi connectivity index (χ1) is 8.26. The summed E-state index contributed by atoms with van der Waals surface area (Å²) in [6, 6.07) is 2.39. The van der Waals surface area contributed by atoms with Crippen molar-refractivity contribution in [3.8, 4) is 0 Å². The van der Waals surface area contributed by atoms with E-state index in [0.29, 0.717) is 6.04 Å². The minimum atomic E-state index is 0.451. The molecule has 0 saturated heterocycles. The maximum absolute atomic E-state index is 4.18. The monoisotopic (exact) mass is 237 g/mol. The van der Waals surface area contributed by atoms with E-state index in [1.54, 1.807) is 13.2 Å². The highest BCUT2D eigenvalue weighted by atomic mass is 15.3. The average Bonchev–Trinajstić information content (AvgIpc) is 2.85. The summed E-state index contributed by atoms with van der Waals surface area (Å²) in [4.78, 5) is 4.18. The van der Waals surface area contributed by atoms with Crippen LogP contribution in [0.25, 0.3) is 0 Å². The van der Waals surface area contributed by atoms with Crippen molar-refractivity contribution in [1.82, 2.24) is 20.4 Å². The van der Waals surface area contributed by atoms with Gasteiger partial charge in [0.15, 0.2) is 5.96 Å². The van der Waals surface area contributed by atoms with Crippen molar-refractivity contribution in [2.45, 2.75) is 39.3 Å². The molecule has 1 unspecified atom stereocenters. The van der Waals surface area contributed by atoms with Gasteiger partial charge in [0, 0.05) is 38.6 Å². The fourth-order valence-electron chi connectivity index (χ4n) is 1.41. The summed E-state index contributed by atoms with van der Waals surface area (Å²) in [6.45, 7) is 6.13. The van der Waals surface area contributed by atoms with Gasteiger partial charge in [-0.2, -0.15) is 5.10 Å². The predicted octanol–water partition coefficient (Wildman–Crippen LogP) is 1.24. The lowest BCUT2D eigenvalue weighted by Crippen LogP contribution is -2.42. The molecule has 0 radical (unpaired) electrons. The number of aryl methyl sites for hydroxylation is 1. The fraction of sp³-hybridized carbons (Fsp3) is 0.667. The Morgan fingerprint density at radius 3 is 2.94 bits per heavy atom. The first-order valence-corrected chi connectivity index (χ1v) is 6.21. The Morgan fingerprint density at radius 2 is 2.35 bits per heavy atom. The summed E-state index contributed by atoms with van der Waals surface area (Å²) in [5, 5.41) is 10.8. The second kappa shape index (κ2) is 7.70. The Balaban J connectivity index is 2.16. The number of aliphatic imine (C=N–C) groups is 1. The molecule has 0 spiro atoms. The van der Waals surface area contributed by atoms with Crippen LogP contribution in [-0.4, -0.2) is 35.4 Å². The van der Waals surface area contributed by atoms with Gasteiger partial charge < -0.3 is 10.6 Å². The van der Waals surface area contributed by atoms with Gasteiger partial charge in [-0.25, -0.2) is 0 Å². The van der Waals surface area contributed by atoms with Crippen LogP contribution in [0.5, 0.6) is 0 Å². The van der Waals surface area contributed by atoms with Crippen LogP contribution < -0.4 is 10.6 Å². The van der Waals surface area contributed by atoms with E-state index >= 15 is 0 Å². The quantitative estimate of drug-likeness (QED) is 0.444. The van der Waals surface area contributed by atoms with E-state index < -0.39 is 0 Å². The zero-order valence-corrected chi connectivity index (χ0v) is 11.0. The molecule has 0 aliphatic carbocycles. The van der Waals surface area contributed by atoms with Gasteiger partial charge in [0.05, 0.1) is 0 Å². The molecule has 96 valence electrons. The standard InChI is InChI=1S/C12H23N5/c1-4-11(2)16-12(13-3)14-7-5-9-17-10-6-8-15-17/h6,8,10-11H,4-5,7,9H2,1-3H3,(H2,13,14,16). The highest BCUT2D eigenvalue weighted by molar-refractivity contribution is 5.79. The lowest BCUT2D eigenvalue weighted by molar-refractivity contribution is 0.564. The number of rotatable bonds is 6. The molecule has 0 aliphatic rings. The third-order valence-electron chi connectivity index (χ3n) is 2.63. The molecule has 17 heavy (non-hydrogen) atoms. The lowest BCUT2D eigenvalue weighted by Gasteiger charge is -2.16. The van der Waals surface area contributed by atoms with Crippen molar-refractivity contribution in [3.63, 3.8) is 0 Å². The molecular formula is C12H23N5. The molecule has 0 saturated carbocycles. The highest BCUT2D eigenvalue weighted by Crippen LogP contribution is 1.89. The van der Waals surface area contributed by atoms with Gasteiger partial charge in [-0.1, -0.05) is 6.92 Å². The largest absolute Gasteiger partial charge is 0.356 e. The van der Waals surface area contributed by atoms with E-state index in [0.717, 1.165) is 31.9 Å². The van der Waals surface area contributed by atoms with Crippen LogP contribution in [0.4, 0.5) is 0 Å². The van der Waals surface area contributed by atoms with E-state index in [1.807, 2.05) is 16.9 Å². The Morgan fingerprint density at radius 1 is 1.53 bits per heavy atom. The van der Waals surface area contributed by atoms with E-state index in [2.05, 4.69) is 34.6 Å². The molecule has 0 fully saturated rings. The average molecular weight is 237 g/mol. The molecule has 0 aromatic carbocycles. The summed E-state index contributed by atoms with van der Waals surface area (Å²) < 4.78 is 1.94. The summed E-state index contributed by atoms with van der Waals surface area (Å²) in [5.41, 5.74) is 0. The van der Waals surface area contributed by atoms with E-state index in [1.165, 1.54) is 0 Å². The highest BCUT2D eigenvalue weighted by Gasteiger charge is 2.01. The normalized spacial score (nSPS) is 13.5. The second-order valence-electron chi connectivity index (χ2n) is 4.08. The predicted molar refractivity (Wildman–Crippen MR) is 71.1 cm³/mol. The molecular weight excluding hydrogens is 214 g/mol. The van der Waals surface area contributed by atoms with Crippen LogP contribution >= 0.6 is 0 Å². The van der Waals surface area contributed by atoms with Crippen molar-refractivity contribution in [3.05, 3.63) is 18.5 Å².